The van der Waals surface area contributed by atoms with Gasteiger partial charge in [0.15, 0.2) is 5.82 Å². The van der Waals surface area contributed by atoms with E-state index in [-0.39, 0.29) is 11.4 Å². The van der Waals surface area contributed by atoms with E-state index in [2.05, 4.69) is 10.3 Å². The number of rotatable bonds is 7. The molecule has 0 saturated carbocycles. The molecule has 6 heteroatoms. The van der Waals surface area contributed by atoms with Crippen LogP contribution in [0.15, 0.2) is 65.7 Å². The molecule has 1 aromatic heterocycles. The molecule has 3 aromatic rings. The molecule has 0 aliphatic carbocycles. The fourth-order valence-corrected chi connectivity index (χ4v) is 2.63. The van der Waals surface area contributed by atoms with E-state index in [4.69, 9.17) is 9.47 Å². The zero-order chi connectivity index (χ0) is 18.4. The van der Waals surface area contributed by atoms with Crippen molar-refractivity contribution in [1.82, 2.24) is 9.55 Å². The van der Waals surface area contributed by atoms with Crippen LogP contribution in [-0.2, 0) is 6.54 Å². The zero-order valence-corrected chi connectivity index (χ0v) is 14.8. The second kappa shape index (κ2) is 8.20. The van der Waals surface area contributed by atoms with Gasteiger partial charge in [-0.2, -0.15) is 0 Å². The van der Waals surface area contributed by atoms with E-state index in [1.54, 1.807) is 24.1 Å². The van der Waals surface area contributed by atoms with Gasteiger partial charge in [-0.05, 0) is 37.3 Å². The Morgan fingerprint density at radius 1 is 1.12 bits per heavy atom. The first-order valence-electron chi connectivity index (χ1n) is 8.39. The highest BCUT2D eigenvalue weighted by Crippen LogP contribution is 2.18. The topological polar surface area (TPSA) is 65.4 Å². The number of benzene rings is 2. The van der Waals surface area contributed by atoms with Gasteiger partial charge in [-0.3, -0.25) is 9.36 Å². The Hall–Kier alpha value is -3.28. The van der Waals surface area contributed by atoms with Crippen molar-refractivity contribution >= 4 is 5.82 Å². The molecule has 0 amide bonds. The SMILES string of the molecule is CCOc1ccc(-n2ccnc(NCc3ccccc3OC)c2=O)cc1. The summed E-state index contributed by atoms with van der Waals surface area (Å²) < 4.78 is 12.3. The molecule has 0 bridgehead atoms. The van der Waals surface area contributed by atoms with Crippen LogP contribution in [0, 0.1) is 0 Å². The van der Waals surface area contributed by atoms with E-state index >= 15 is 0 Å². The number of ether oxygens (including phenoxy) is 2. The summed E-state index contributed by atoms with van der Waals surface area (Å²) >= 11 is 0. The highest BCUT2D eigenvalue weighted by molar-refractivity contribution is 5.42. The van der Waals surface area contributed by atoms with Crippen molar-refractivity contribution < 1.29 is 9.47 Å². The standard InChI is InChI=1S/C20H21N3O3/c1-3-26-17-10-8-16(9-11-17)23-13-12-21-19(20(23)24)22-14-15-6-4-5-7-18(15)25-2/h4-13H,3,14H2,1-2H3,(H,21,22). The number of para-hydroxylation sites is 1. The maximum atomic E-state index is 12.7. The van der Waals surface area contributed by atoms with Gasteiger partial charge >= 0.3 is 0 Å². The van der Waals surface area contributed by atoms with E-state index in [0.29, 0.717) is 13.2 Å². The summed E-state index contributed by atoms with van der Waals surface area (Å²) in [6.45, 7) is 2.98. The summed E-state index contributed by atoms with van der Waals surface area (Å²) in [4.78, 5) is 16.9. The fourth-order valence-electron chi connectivity index (χ4n) is 2.63. The molecule has 0 fully saturated rings. The second-order valence-corrected chi connectivity index (χ2v) is 5.54. The number of hydrogen-bond acceptors (Lipinski definition) is 5. The van der Waals surface area contributed by atoms with E-state index in [0.717, 1.165) is 22.7 Å². The van der Waals surface area contributed by atoms with Crippen molar-refractivity contribution in [3.63, 3.8) is 0 Å². The molecular weight excluding hydrogens is 330 g/mol. The average Bonchev–Trinajstić information content (AvgIpc) is 2.68. The summed E-state index contributed by atoms with van der Waals surface area (Å²) in [5, 5.41) is 3.10. The van der Waals surface area contributed by atoms with Crippen molar-refractivity contribution in [2.24, 2.45) is 0 Å². The van der Waals surface area contributed by atoms with Crippen molar-refractivity contribution in [3.8, 4) is 17.2 Å². The third kappa shape index (κ3) is 3.85. The number of hydrogen-bond donors (Lipinski definition) is 1. The molecule has 0 aliphatic rings. The lowest BCUT2D eigenvalue weighted by Crippen LogP contribution is -2.23. The number of aromatic nitrogens is 2. The normalized spacial score (nSPS) is 10.4. The minimum atomic E-state index is -0.216. The summed E-state index contributed by atoms with van der Waals surface area (Å²) in [5.41, 5.74) is 1.49. The summed E-state index contributed by atoms with van der Waals surface area (Å²) in [7, 11) is 1.62. The van der Waals surface area contributed by atoms with Crippen LogP contribution in [0.2, 0.25) is 0 Å². The minimum absolute atomic E-state index is 0.216. The molecule has 6 nitrogen and oxygen atoms in total. The van der Waals surface area contributed by atoms with E-state index in [1.165, 1.54) is 0 Å². The quantitative estimate of drug-likeness (QED) is 0.708. The molecule has 0 radical (unpaired) electrons. The molecule has 0 aliphatic heterocycles. The molecule has 0 spiro atoms. The van der Waals surface area contributed by atoms with Crippen LogP contribution in [0.1, 0.15) is 12.5 Å². The van der Waals surface area contributed by atoms with Crippen molar-refractivity contribution in [1.29, 1.82) is 0 Å². The third-order valence-corrected chi connectivity index (χ3v) is 3.91. The van der Waals surface area contributed by atoms with Crippen LogP contribution in [0.4, 0.5) is 5.82 Å². The number of anilines is 1. The van der Waals surface area contributed by atoms with Crippen LogP contribution in [0.25, 0.3) is 5.69 Å². The third-order valence-electron chi connectivity index (χ3n) is 3.91. The molecule has 2 aromatic carbocycles. The molecule has 1 heterocycles. The lowest BCUT2D eigenvalue weighted by molar-refractivity contribution is 0.340. The average molecular weight is 351 g/mol. The first-order valence-corrected chi connectivity index (χ1v) is 8.39. The van der Waals surface area contributed by atoms with Gasteiger partial charge in [-0.25, -0.2) is 4.98 Å². The van der Waals surface area contributed by atoms with Crippen molar-refractivity contribution in [2.45, 2.75) is 13.5 Å². The van der Waals surface area contributed by atoms with Gasteiger partial charge in [0, 0.05) is 30.2 Å². The maximum Gasteiger partial charge on any atom is 0.297 e. The number of nitrogens with one attached hydrogen (secondary N) is 1. The Morgan fingerprint density at radius 3 is 2.62 bits per heavy atom. The van der Waals surface area contributed by atoms with E-state index in [1.807, 2.05) is 55.5 Å². The molecular formula is C20H21N3O3. The predicted octanol–water partition coefficient (Wildman–Crippen LogP) is 3.25. The first-order chi connectivity index (χ1) is 12.7. The van der Waals surface area contributed by atoms with Crippen molar-refractivity contribution in [3.05, 3.63) is 76.8 Å². The Kier molecular flexibility index (Phi) is 5.53. The van der Waals surface area contributed by atoms with Gasteiger partial charge in [0.1, 0.15) is 11.5 Å². The Morgan fingerprint density at radius 2 is 1.88 bits per heavy atom. The van der Waals surface area contributed by atoms with Gasteiger partial charge in [-0.1, -0.05) is 18.2 Å². The van der Waals surface area contributed by atoms with Gasteiger partial charge in [0.25, 0.3) is 5.56 Å². The highest BCUT2D eigenvalue weighted by atomic mass is 16.5. The van der Waals surface area contributed by atoms with Crippen LogP contribution in [0.3, 0.4) is 0 Å². The molecule has 134 valence electrons. The van der Waals surface area contributed by atoms with Crippen LogP contribution < -0.4 is 20.3 Å². The molecule has 0 atom stereocenters. The van der Waals surface area contributed by atoms with Gasteiger partial charge in [-0.15, -0.1) is 0 Å². The molecule has 0 saturated heterocycles. The summed E-state index contributed by atoms with van der Waals surface area (Å²) in [6.07, 6.45) is 3.24. The molecule has 1 N–H and O–H groups in total. The minimum Gasteiger partial charge on any atom is -0.496 e. The predicted molar refractivity (Wildman–Crippen MR) is 101 cm³/mol. The smallest absolute Gasteiger partial charge is 0.297 e. The second-order valence-electron chi connectivity index (χ2n) is 5.54. The monoisotopic (exact) mass is 351 g/mol. The summed E-state index contributed by atoms with van der Waals surface area (Å²) in [6, 6.07) is 15.0. The van der Waals surface area contributed by atoms with Gasteiger partial charge in [0.2, 0.25) is 0 Å². The lowest BCUT2D eigenvalue weighted by Gasteiger charge is -2.11. The van der Waals surface area contributed by atoms with Gasteiger partial charge in [0.05, 0.1) is 13.7 Å². The largest absolute Gasteiger partial charge is 0.496 e. The van der Waals surface area contributed by atoms with Crippen LogP contribution in [-0.4, -0.2) is 23.3 Å². The van der Waals surface area contributed by atoms with Gasteiger partial charge < -0.3 is 14.8 Å². The zero-order valence-electron chi connectivity index (χ0n) is 14.8. The molecule has 26 heavy (non-hydrogen) atoms. The van der Waals surface area contributed by atoms with Crippen molar-refractivity contribution in [2.75, 3.05) is 19.0 Å². The maximum absolute atomic E-state index is 12.7. The molecule has 0 unspecified atom stereocenters. The Bertz CT molecular complexity index is 920. The Labute approximate surface area is 152 Å². The van der Waals surface area contributed by atoms with E-state index < -0.39 is 0 Å². The van der Waals surface area contributed by atoms with Crippen LogP contribution in [0.5, 0.6) is 11.5 Å². The first kappa shape index (κ1) is 17.5. The number of methoxy groups -OCH3 is 1. The lowest BCUT2D eigenvalue weighted by atomic mass is 10.2. The fraction of sp³-hybridized carbons (Fsp3) is 0.200. The Balaban J connectivity index is 1.82. The number of nitrogens with zero attached hydrogens (tertiary/aromatic N) is 2. The van der Waals surface area contributed by atoms with E-state index in [9.17, 15) is 4.79 Å². The highest BCUT2D eigenvalue weighted by Gasteiger charge is 2.08. The summed E-state index contributed by atoms with van der Waals surface area (Å²) in [5.74, 6) is 1.82. The van der Waals surface area contributed by atoms with Crippen LogP contribution >= 0.6 is 0 Å². The molecule has 3 rings (SSSR count).